The van der Waals surface area contributed by atoms with Crippen LogP contribution in [0.15, 0.2) is 0 Å². The molecule has 2 aliphatic rings. The molecule has 2 heterocycles. The van der Waals surface area contributed by atoms with E-state index in [0.29, 0.717) is 12.5 Å². The molecule has 3 unspecified atom stereocenters. The van der Waals surface area contributed by atoms with Gasteiger partial charge in [-0.05, 0) is 34.1 Å². The van der Waals surface area contributed by atoms with Crippen LogP contribution in [0.1, 0.15) is 34.1 Å². The third-order valence-corrected chi connectivity index (χ3v) is 3.18. The van der Waals surface area contributed by atoms with Crippen molar-refractivity contribution in [3.05, 3.63) is 0 Å². The molecule has 3 atom stereocenters. The van der Waals surface area contributed by atoms with Gasteiger partial charge in [-0.3, -0.25) is 5.32 Å². The second-order valence-corrected chi connectivity index (χ2v) is 6.01. The Morgan fingerprint density at radius 3 is 2.88 bits per heavy atom. The molecule has 17 heavy (non-hydrogen) atoms. The van der Waals surface area contributed by atoms with Gasteiger partial charge in [0.1, 0.15) is 5.60 Å². The van der Waals surface area contributed by atoms with Crippen LogP contribution in [0.3, 0.4) is 0 Å². The SMILES string of the molecule is CC1CC2CNCC2(NC(=O)OC(C)(C)C)O1. The Morgan fingerprint density at radius 1 is 1.53 bits per heavy atom. The standard InChI is InChI=1S/C12H22N2O3/c1-8-5-9-6-13-7-12(9,16-8)14-10(15)17-11(2,3)4/h8-9,13H,5-7H2,1-4H3,(H,14,15). The largest absolute Gasteiger partial charge is 0.444 e. The Balaban J connectivity index is 1.99. The zero-order valence-electron chi connectivity index (χ0n) is 11.0. The monoisotopic (exact) mass is 242 g/mol. The van der Waals surface area contributed by atoms with E-state index >= 15 is 0 Å². The summed E-state index contributed by atoms with van der Waals surface area (Å²) in [6, 6.07) is 0. The first-order chi connectivity index (χ1) is 7.81. The summed E-state index contributed by atoms with van der Waals surface area (Å²) < 4.78 is 11.2. The molecule has 0 aromatic heterocycles. The maximum atomic E-state index is 11.8. The maximum Gasteiger partial charge on any atom is 0.409 e. The molecule has 2 aliphatic heterocycles. The van der Waals surface area contributed by atoms with Crippen LogP contribution >= 0.6 is 0 Å². The third-order valence-electron chi connectivity index (χ3n) is 3.18. The second-order valence-electron chi connectivity index (χ2n) is 6.01. The average Bonchev–Trinajstić information content (AvgIpc) is 2.54. The third kappa shape index (κ3) is 2.72. The predicted molar refractivity (Wildman–Crippen MR) is 63.6 cm³/mol. The van der Waals surface area contributed by atoms with E-state index in [1.165, 1.54) is 0 Å². The van der Waals surface area contributed by atoms with Crippen molar-refractivity contribution in [1.29, 1.82) is 0 Å². The van der Waals surface area contributed by atoms with Gasteiger partial charge in [-0.25, -0.2) is 4.79 Å². The molecule has 0 bridgehead atoms. The fraction of sp³-hybridized carbons (Fsp3) is 0.917. The number of carbonyl (C=O) groups excluding carboxylic acids is 1. The highest BCUT2D eigenvalue weighted by molar-refractivity contribution is 5.68. The van der Waals surface area contributed by atoms with Crippen LogP contribution in [0.2, 0.25) is 0 Å². The topological polar surface area (TPSA) is 59.6 Å². The lowest BCUT2D eigenvalue weighted by Crippen LogP contribution is -2.54. The molecular weight excluding hydrogens is 220 g/mol. The van der Waals surface area contributed by atoms with Crippen molar-refractivity contribution in [2.75, 3.05) is 13.1 Å². The normalized spacial score (nSPS) is 36.7. The average molecular weight is 242 g/mol. The van der Waals surface area contributed by atoms with Gasteiger partial charge in [-0.1, -0.05) is 0 Å². The summed E-state index contributed by atoms with van der Waals surface area (Å²) in [6.07, 6.45) is 0.764. The Morgan fingerprint density at radius 2 is 2.24 bits per heavy atom. The van der Waals surface area contributed by atoms with Crippen molar-refractivity contribution in [3.63, 3.8) is 0 Å². The molecule has 0 aromatic rings. The van der Waals surface area contributed by atoms with E-state index < -0.39 is 17.4 Å². The maximum absolute atomic E-state index is 11.8. The van der Waals surface area contributed by atoms with Gasteiger partial charge in [-0.15, -0.1) is 0 Å². The molecule has 98 valence electrons. The van der Waals surface area contributed by atoms with Gasteiger partial charge in [-0.2, -0.15) is 0 Å². The molecular formula is C12H22N2O3. The lowest BCUT2D eigenvalue weighted by Gasteiger charge is -2.30. The highest BCUT2D eigenvalue weighted by Gasteiger charge is 2.52. The first-order valence-corrected chi connectivity index (χ1v) is 6.20. The van der Waals surface area contributed by atoms with Crippen LogP contribution in [0, 0.1) is 5.92 Å². The number of amides is 1. The Kier molecular flexibility index (Phi) is 3.08. The van der Waals surface area contributed by atoms with Crippen molar-refractivity contribution in [3.8, 4) is 0 Å². The number of alkyl carbamates (subject to hydrolysis) is 1. The summed E-state index contributed by atoms with van der Waals surface area (Å²) in [4.78, 5) is 11.8. The number of nitrogens with one attached hydrogen (secondary N) is 2. The Hall–Kier alpha value is -0.810. The fourth-order valence-corrected chi connectivity index (χ4v) is 2.61. The molecule has 1 amide bonds. The van der Waals surface area contributed by atoms with E-state index in [-0.39, 0.29) is 6.10 Å². The van der Waals surface area contributed by atoms with Crippen LogP contribution in [0.5, 0.6) is 0 Å². The number of carbonyl (C=O) groups is 1. The van der Waals surface area contributed by atoms with Gasteiger partial charge in [0.2, 0.25) is 0 Å². The summed E-state index contributed by atoms with van der Waals surface area (Å²) in [5, 5.41) is 6.15. The molecule has 0 saturated carbocycles. The molecule has 2 fully saturated rings. The van der Waals surface area contributed by atoms with Gasteiger partial charge in [0.25, 0.3) is 0 Å². The lowest BCUT2D eigenvalue weighted by atomic mass is 9.98. The molecule has 5 heteroatoms. The molecule has 0 aromatic carbocycles. The van der Waals surface area contributed by atoms with E-state index in [2.05, 4.69) is 10.6 Å². The summed E-state index contributed by atoms with van der Waals surface area (Å²) >= 11 is 0. The van der Waals surface area contributed by atoms with Crippen molar-refractivity contribution >= 4 is 6.09 Å². The van der Waals surface area contributed by atoms with E-state index in [0.717, 1.165) is 13.0 Å². The first kappa shape index (κ1) is 12.6. The number of hydrogen-bond acceptors (Lipinski definition) is 4. The Bertz CT molecular complexity index is 313. The van der Waals surface area contributed by atoms with Crippen LogP contribution in [-0.4, -0.2) is 36.6 Å². The molecule has 0 aliphatic carbocycles. The number of fused-ring (bicyclic) bond motifs is 1. The molecule has 2 saturated heterocycles. The van der Waals surface area contributed by atoms with Crippen molar-refractivity contribution < 1.29 is 14.3 Å². The highest BCUT2D eigenvalue weighted by atomic mass is 16.6. The minimum absolute atomic E-state index is 0.192. The van der Waals surface area contributed by atoms with Gasteiger partial charge < -0.3 is 14.8 Å². The smallest absolute Gasteiger partial charge is 0.409 e. The number of hydrogen-bond donors (Lipinski definition) is 2. The highest BCUT2D eigenvalue weighted by Crippen LogP contribution is 2.36. The minimum atomic E-state index is -0.568. The van der Waals surface area contributed by atoms with E-state index in [1.54, 1.807) is 0 Å². The molecule has 0 spiro atoms. The number of ether oxygens (including phenoxy) is 2. The second kappa shape index (κ2) is 4.14. The molecule has 2 N–H and O–H groups in total. The predicted octanol–water partition coefficient (Wildman–Crippen LogP) is 1.24. The van der Waals surface area contributed by atoms with Crippen LogP contribution in [-0.2, 0) is 9.47 Å². The molecule has 2 rings (SSSR count). The van der Waals surface area contributed by atoms with Crippen molar-refractivity contribution in [2.45, 2.75) is 51.5 Å². The summed E-state index contributed by atoms with van der Waals surface area (Å²) in [5.74, 6) is 0.338. The molecule has 5 nitrogen and oxygen atoms in total. The lowest BCUT2D eigenvalue weighted by molar-refractivity contribution is -0.0609. The van der Waals surface area contributed by atoms with Crippen LogP contribution in [0.4, 0.5) is 4.79 Å². The van der Waals surface area contributed by atoms with Crippen LogP contribution < -0.4 is 10.6 Å². The van der Waals surface area contributed by atoms with Gasteiger partial charge >= 0.3 is 6.09 Å². The zero-order valence-corrected chi connectivity index (χ0v) is 11.0. The Labute approximate surface area is 102 Å². The first-order valence-electron chi connectivity index (χ1n) is 6.20. The van der Waals surface area contributed by atoms with E-state index in [9.17, 15) is 4.79 Å². The minimum Gasteiger partial charge on any atom is -0.444 e. The van der Waals surface area contributed by atoms with Crippen molar-refractivity contribution in [1.82, 2.24) is 10.6 Å². The number of rotatable bonds is 1. The van der Waals surface area contributed by atoms with Gasteiger partial charge in [0.15, 0.2) is 5.72 Å². The van der Waals surface area contributed by atoms with E-state index in [1.807, 2.05) is 27.7 Å². The summed E-state index contributed by atoms with van der Waals surface area (Å²) in [5.41, 5.74) is -1.05. The fourth-order valence-electron chi connectivity index (χ4n) is 2.61. The molecule has 0 radical (unpaired) electrons. The quantitative estimate of drug-likeness (QED) is 0.726. The zero-order chi connectivity index (χ0) is 12.7. The van der Waals surface area contributed by atoms with E-state index in [4.69, 9.17) is 9.47 Å². The van der Waals surface area contributed by atoms with Gasteiger partial charge in [0, 0.05) is 19.0 Å². The van der Waals surface area contributed by atoms with Crippen molar-refractivity contribution in [2.24, 2.45) is 5.92 Å². The van der Waals surface area contributed by atoms with Gasteiger partial charge in [0.05, 0.1) is 6.10 Å². The summed E-state index contributed by atoms with van der Waals surface area (Å²) in [7, 11) is 0. The van der Waals surface area contributed by atoms with Crippen LogP contribution in [0.25, 0.3) is 0 Å². The summed E-state index contributed by atoms with van der Waals surface area (Å²) in [6.45, 7) is 9.14.